The Morgan fingerprint density at radius 1 is 0.377 bits per heavy atom. The van der Waals surface area contributed by atoms with Gasteiger partial charge >= 0.3 is 0 Å². The minimum atomic E-state index is -0.439. The monoisotopic (exact) mass is 796 g/mol. The van der Waals surface area contributed by atoms with E-state index in [0.717, 1.165) is 22.7 Å². The molecule has 3 heteroatoms. The predicted octanol–water partition coefficient (Wildman–Crippen LogP) is 15.4. The van der Waals surface area contributed by atoms with Crippen LogP contribution in [0.1, 0.15) is 47.2 Å². The smallest absolute Gasteiger partial charge is 0.0736 e. The number of para-hydroxylation sites is 2. The lowest BCUT2D eigenvalue weighted by Crippen LogP contribution is -2.32. The number of hydrogen-bond donors (Lipinski definition) is 0. The number of aromatic nitrogens is 1. The lowest BCUT2D eigenvalue weighted by Gasteiger charge is -2.39. The van der Waals surface area contributed by atoms with E-state index < -0.39 is 5.41 Å². The van der Waals surface area contributed by atoms with Gasteiger partial charge in [0.1, 0.15) is 0 Å². The van der Waals surface area contributed by atoms with Gasteiger partial charge < -0.3 is 9.47 Å². The molecule has 0 radical (unpaired) electrons. The highest BCUT2D eigenvalue weighted by atomic mass is 32.2. The number of nitrogens with zero attached hydrogens (tertiary/aromatic N) is 2. The predicted molar refractivity (Wildman–Crippen MR) is 254 cm³/mol. The van der Waals surface area contributed by atoms with Crippen molar-refractivity contribution in [2.24, 2.45) is 0 Å². The van der Waals surface area contributed by atoms with Crippen LogP contribution in [0.2, 0.25) is 0 Å². The number of benzene rings is 9. The maximum absolute atomic E-state index is 2.53. The normalized spacial score (nSPS) is 14.6. The summed E-state index contributed by atoms with van der Waals surface area (Å²) >= 11 is 1.91. The Morgan fingerprint density at radius 3 is 1.67 bits per heavy atom. The Morgan fingerprint density at radius 2 is 0.934 bits per heavy atom. The Bertz CT molecular complexity index is 3380. The first-order valence-electron chi connectivity index (χ1n) is 21.3. The van der Waals surface area contributed by atoms with Crippen molar-refractivity contribution in [2.75, 3.05) is 4.90 Å². The van der Waals surface area contributed by atoms with E-state index in [2.05, 4.69) is 230 Å². The Kier molecular flexibility index (Phi) is 7.25. The van der Waals surface area contributed by atoms with E-state index in [9.17, 15) is 0 Å². The zero-order valence-electron chi connectivity index (χ0n) is 33.9. The molecule has 2 aliphatic carbocycles. The van der Waals surface area contributed by atoms with Crippen LogP contribution in [0, 0.1) is 0 Å². The third-order valence-electron chi connectivity index (χ3n) is 13.8. The van der Waals surface area contributed by atoms with Gasteiger partial charge in [-0.25, -0.2) is 0 Å². The maximum Gasteiger partial charge on any atom is 0.0736 e. The van der Waals surface area contributed by atoms with Crippen molar-refractivity contribution in [1.29, 1.82) is 0 Å². The molecule has 9 aromatic carbocycles. The second kappa shape index (κ2) is 12.7. The molecular weight excluding hydrogens is 757 g/mol. The van der Waals surface area contributed by atoms with Crippen LogP contribution in [0.4, 0.5) is 17.1 Å². The van der Waals surface area contributed by atoms with Gasteiger partial charge in [-0.3, -0.25) is 0 Å². The summed E-state index contributed by atoms with van der Waals surface area (Å²) in [5.41, 5.74) is 19.9. The van der Waals surface area contributed by atoms with Gasteiger partial charge in [0.25, 0.3) is 0 Å². The van der Waals surface area contributed by atoms with Crippen molar-refractivity contribution < 1.29 is 0 Å². The third kappa shape index (κ3) is 4.70. The zero-order chi connectivity index (χ0) is 40.5. The van der Waals surface area contributed by atoms with E-state index in [1.165, 1.54) is 87.2 Å². The van der Waals surface area contributed by atoms with Crippen LogP contribution in [0.5, 0.6) is 0 Å². The molecule has 0 amide bonds. The van der Waals surface area contributed by atoms with Gasteiger partial charge in [0.15, 0.2) is 0 Å². The van der Waals surface area contributed by atoms with Gasteiger partial charge in [-0.2, -0.15) is 0 Å². The molecule has 1 aromatic heterocycles. The van der Waals surface area contributed by atoms with Crippen LogP contribution in [0.15, 0.2) is 216 Å². The average Bonchev–Trinajstić information content (AvgIpc) is 3.88. The van der Waals surface area contributed by atoms with Gasteiger partial charge in [-0.15, -0.1) is 0 Å². The first-order chi connectivity index (χ1) is 30.0. The second-order valence-corrected chi connectivity index (χ2v) is 18.3. The minimum Gasteiger partial charge on any atom is -0.310 e. The summed E-state index contributed by atoms with van der Waals surface area (Å²) in [6.07, 6.45) is 0. The van der Waals surface area contributed by atoms with Gasteiger partial charge in [0, 0.05) is 48.7 Å². The van der Waals surface area contributed by atoms with Crippen molar-refractivity contribution in [1.82, 2.24) is 4.57 Å². The van der Waals surface area contributed by atoms with Gasteiger partial charge in [0.2, 0.25) is 0 Å². The molecule has 0 saturated heterocycles. The van der Waals surface area contributed by atoms with Gasteiger partial charge in [-0.1, -0.05) is 159 Å². The fourth-order valence-corrected chi connectivity index (χ4v) is 12.4. The summed E-state index contributed by atoms with van der Waals surface area (Å²) in [7, 11) is 0. The molecular formula is C58H40N2S. The van der Waals surface area contributed by atoms with Crippen LogP contribution >= 0.6 is 11.8 Å². The van der Waals surface area contributed by atoms with Crippen molar-refractivity contribution in [3.8, 4) is 27.9 Å². The van der Waals surface area contributed by atoms with E-state index in [-0.39, 0.29) is 5.41 Å². The van der Waals surface area contributed by atoms with Crippen LogP contribution < -0.4 is 4.90 Å². The third-order valence-corrected chi connectivity index (χ3v) is 15.0. The molecule has 61 heavy (non-hydrogen) atoms. The fraction of sp³-hybridized carbons (Fsp3) is 0.0690. The molecule has 2 nitrogen and oxygen atoms in total. The molecule has 1 spiro atoms. The number of fused-ring (bicyclic) bond motifs is 15. The first-order valence-corrected chi connectivity index (χ1v) is 22.1. The highest BCUT2D eigenvalue weighted by Gasteiger charge is 2.50. The summed E-state index contributed by atoms with van der Waals surface area (Å²) in [4.78, 5) is 5.04. The van der Waals surface area contributed by atoms with E-state index in [0.29, 0.717) is 0 Å². The van der Waals surface area contributed by atoms with Crippen LogP contribution in [0.25, 0.3) is 49.7 Å². The summed E-state index contributed by atoms with van der Waals surface area (Å²) in [6.45, 7) is 4.71. The fourth-order valence-electron chi connectivity index (χ4n) is 11.2. The second-order valence-electron chi connectivity index (χ2n) is 17.2. The SMILES string of the molecule is CC1(C)c2ccccc2-c2ccc(N(c3ccccc3)c3ccc(-n4c5ccccc5c5cc6c(cc54)C4(c5ccccc5S6)c5ccccc5-c5ccccc54)cc3)cc21. The largest absolute Gasteiger partial charge is 0.310 e. The number of anilines is 3. The van der Waals surface area contributed by atoms with Crippen molar-refractivity contribution in [3.05, 3.63) is 240 Å². The molecule has 0 bridgehead atoms. The molecule has 1 aliphatic heterocycles. The average molecular weight is 797 g/mol. The van der Waals surface area contributed by atoms with Crippen molar-refractivity contribution >= 4 is 50.6 Å². The highest BCUT2D eigenvalue weighted by molar-refractivity contribution is 7.99. The zero-order valence-corrected chi connectivity index (χ0v) is 34.7. The van der Waals surface area contributed by atoms with E-state index in [1.54, 1.807) is 0 Å². The minimum absolute atomic E-state index is 0.0916. The van der Waals surface area contributed by atoms with Gasteiger partial charge in [0.05, 0.1) is 16.4 Å². The molecule has 2 heterocycles. The van der Waals surface area contributed by atoms with Crippen molar-refractivity contribution in [3.63, 3.8) is 0 Å². The van der Waals surface area contributed by atoms with Crippen LogP contribution in [-0.2, 0) is 10.8 Å². The van der Waals surface area contributed by atoms with Crippen LogP contribution in [0.3, 0.4) is 0 Å². The molecule has 13 rings (SSSR count). The Balaban J connectivity index is 1.01. The quantitative estimate of drug-likeness (QED) is 0.175. The number of rotatable bonds is 4. The Labute approximate surface area is 360 Å². The highest BCUT2D eigenvalue weighted by Crippen LogP contribution is 2.63. The van der Waals surface area contributed by atoms with Crippen LogP contribution in [-0.4, -0.2) is 4.57 Å². The molecule has 0 atom stereocenters. The lowest BCUT2D eigenvalue weighted by atomic mass is 9.67. The molecule has 288 valence electrons. The molecule has 0 N–H and O–H groups in total. The topological polar surface area (TPSA) is 8.17 Å². The van der Waals surface area contributed by atoms with E-state index >= 15 is 0 Å². The summed E-state index contributed by atoms with van der Waals surface area (Å²) in [5, 5.41) is 2.53. The lowest BCUT2D eigenvalue weighted by molar-refractivity contribution is 0.660. The summed E-state index contributed by atoms with van der Waals surface area (Å²) in [6, 6.07) is 77.1. The van der Waals surface area contributed by atoms with E-state index in [4.69, 9.17) is 0 Å². The summed E-state index contributed by atoms with van der Waals surface area (Å²) < 4.78 is 2.49. The van der Waals surface area contributed by atoms with E-state index in [1.807, 2.05) is 11.8 Å². The summed E-state index contributed by atoms with van der Waals surface area (Å²) in [5.74, 6) is 0. The molecule has 10 aromatic rings. The maximum atomic E-state index is 2.53. The molecule has 0 fully saturated rings. The van der Waals surface area contributed by atoms with Gasteiger partial charge in [-0.05, 0) is 128 Å². The molecule has 0 unspecified atom stereocenters. The standard InChI is InChI=1S/C58H40N2S/c1-57(2)47-22-10-6-18-41(47)44-33-32-40(34-51(44)57)59(37-16-4-3-5-17-37)38-28-30-39(31-29-38)60-53-26-14-9-21-45(53)46-35-56-52(36-54(46)60)58(50-25-13-15-27-55(50)61-56)48-23-11-7-19-42(48)43-20-8-12-24-49(43)58/h3-36H,1-2H3. The molecule has 3 aliphatic rings. The Hall–Kier alpha value is -7.07. The molecule has 0 saturated carbocycles. The first kappa shape index (κ1) is 34.8. The van der Waals surface area contributed by atoms with Crippen molar-refractivity contribution in [2.45, 2.75) is 34.5 Å². The number of hydrogen-bond acceptors (Lipinski definition) is 2.